The maximum absolute atomic E-state index is 13.4. The third kappa shape index (κ3) is 2.82. The first-order valence-electron chi connectivity index (χ1n) is 6.34. The third-order valence-electron chi connectivity index (χ3n) is 3.52. The van der Waals surface area contributed by atoms with Gasteiger partial charge in [-0.15, -0.1) is 0 Å². The second kappa shape index (κ2) is 5.38. The summed E-state index contributed by atoms with van der Waals surface area (Å²) in [5, 5.41) is 3.38. The van der Waals surface area contributed by atoms with E-state index in [1.54, 1.807) is 6.07 Å². The molecule has 17 heavy (non-hydrogen) atoms. The molecule has 1 nitrogen and oxygen atoms in total. The monoisotopic (exact) mass is 299 g/mol. The van der Waals surface area contributed by atoms with Crippen molar-refractivity contribution in [2.24, 2.45) is 5.92 Å². The van der Waals surface area contributed by atoms with Gasteiger partial charge in [0.15, 0.2) is 0 Å². The second-order valence-corrected chi connectivity index (χ2v) is 5.91. The van der Waals surface area contributed by atoms with Crippen LogP contribution in [-0.2, 0) is 0 Å². The lowest BCUT2D eigenvalue weighted by Gasteiger charge is -2.16. The van der Waals surface area contributed by atoms with Crippen LogP contribution in [0.2, 0.25) is 0 Å². The predicted octanol–water partition coefficient (Wildman–Crippen LogP) is 4.92. The standard InChI is InChI=1S/C14H19BrFN/c1-3-4-9(2)5-10-8-17-14-12(10)6-11(16)7-13(14)15/h6-7,9-10,17H,3-5,8H2,1-2H3. The highest BCUT2D eigenvalue weighted by Crippen LogP contribution is 2.40. The van der Waals surface area contributed by atoms with Crippen molar-refractivity contribution in [2.75, 3.05) is 11.9 Å². The summed E-state index contributed by atoms with van der Waals surface area (Å²) in [6.45, 7) is 5.44. The Morgan fingerprint density at radius 1 is 1.53 bits per heavy atom. The van der Waals surface area contributed by atoms with Gasteiger partial charge in [0.25, 0.3) is 0 Å². The molecule has 1 heterocycles. The zero-order valence-corrected chi connectivity index (χ0v) is 12.0. The van der Waals surface area contributed by atoms with Crippen molar-refractivity contribution >= 4 is 21.6 Å². The van der Waals surface area contributed by atoms with E-state index in [-0.39, 0.29) is 5.82 Å². The van der Waals surface area contributed by atoms with Crippen LogP contribution < -0.4 is 5.32 Å². The fourth-order valence-electron chi connectivity index (χ4n) is 2.74. The Bertz CT molecular complexity index is 405. The molecule has 0 amide bonds. The van der Waals surface area contributed by atoms with Crippen molar-refractivity contribution < 1.29 is 4.39 Å². The van der Waals surface area contributed by atoms with Crippen LogP contribution in [0.25, 0.3) is 0 Å². The fourth-order valence-corrected chi connectivity index (χ4v) is 3.33. The van der Waals surface area contributed by atoms with Crippen molar-refractivity contribution in [3.63, 3.8) is 0 Å². The van der Waals surface area contributed by atoms with E-state index in [1.807, 2.05) is 0 Å². The van der Waals surface area contributed by atoms with Crippen molar-refractivity contribution in [1.29, 1.82) is 0 Å². The minimum Gasteiger partial charge on any atom is -0.383 e. The summed E-state index contributed by atoms with van der Waals surface area (Å²) >= 11 is 3.42. The topological polar surface area (TPSA) is 12.0 Å². The number of halogens is 2. The van der Waals surface area contributed by atoms with Gasteiger partial charge in [0, 0.05) is 16.9 Å². The van der Waals surface area contributed by atoms with Gasteiger partial charge in [-0.05, 0) is 46.0 Å². The van der Waals surface area contributed by atoms with Gasteiger partial charge in [-0.2, -0.15) is 0 Å². The molecule has 1 aromatic rings. The van der Waals surface area contributed by atoms with E-state index in [4.69, 9.17) is 0 Å². The van der Waals surface area contributed by atoms with Crippen LogP contribution >= 0.6 is 15.9 Å². The summed E-state index contributed by atoms with van der Waals surface area (Å²) in [5.41, 5.74) is 2.22. The molecule has 0 aromatic heterocycles. The molecule has 0 radical (unpaired) electrons. The Labute approximate surface area is 111 Å². The van der Waals surface area contributed by atoms with Gasteiger partial charge in [0.05, 0.1) is 5.69 Å². The highest BCUT2D eigenvalue weighted by Gasteiger charge is 2.26. The largest absolute Gasteiger partial charge is 0.383 e. The molecule has 0 spiro atoms. The van der Waals surface area contributed by atoms with Gasteiger partial charge in [-0.25, -0.2) is 4.39 Å². The van der Waals surface area contributed by atoms with E-state index in [2.05, 4.69) is 35.1 Å². The Morgan fingerprint density at radius 3 is 3.00 bits per heavy atom. The van der Waals surface area contributed by atoms with E-state index in [1.165, 1.54) is 18.9 Å². The van der Waals surface area contributed by atoms with Crippen LogP contribution in [0.5, 0.6) is 0 Å². The number of benzene rings is 1. The van der Waals surface area contributed by atoms with Gasteiger partial charge >= 0.3 is 0 Å². The number of anilines is 1. The molecule has 2 unspecified atom stereocenters. The normalized spacial score (nSPS) is 19.9. The number of rotatable bonds is 4. The first kappa shape index (κ1) is 12.9. The molecule has 1 aliphatic rings. The zero-order chi connectivity index (χ0) is 12.4. The van der Waals surface area contributed by atoms with Crippen LogP contribution in [0.1, 0.15) is 44.6 Å². The predicted molar refractivity (Wildman–Crippen MR) is 74.0 cm³/mol. The van der Waals surface area contributed by atoms with Crippen LogP contribution in [0.4, 0.5) is 10.1 Å². The van der Waals surface area contributed by atoms with Gasteiger partial charge in [0.1, 0.15) is 5.82 Å². The molecule has 0 bridgehead atoms. The molecule has 0 saturated carbocycles. The van der Waals surface area contributed by atoms with Gasteiger partial charge in [-0.1, -0.05) is 26.7 Å². The van der Waals surface area contributed by atoms with Crippen LogP contribution in [0, 0.1) is 11.7 Å². The van der Waals surface area contributed by atoms with Gasteiger partial charge < -0.3 is 5.32 Å². The zero-order valence-electron chi connectivity index (χ0n) is 10.4. The molecule has 1 aliphatic heterocycles. The molecular formula is C14H19BrFN. The summed E-state index contributed by atoms with van der Waals surface area (Å²) < 4.78 is 14.3. The number of nitrogens with one attached hydrogen (secondary N) is 1. The Morgan fingerprint density at radius 2 is 2.29 bits per heavy atom. The molecule has 3 heteroatoms. The van der Waals surface area contributed by atoms with E-state index in [0.717, 1.165) is 28.7 Å². The van der Waals surface area contributed by atoms with Crippen molar-refractivity contribution in [1.82, 2.24) is 0 Å². The van der Waals surface area contributed by atoms with Crippen molar-refractivity contribution in [3.8, 4) is 0 Å². The van der Waals surface area contributed by atoms with Crippen molar-refractivity contribution in [3.05, 3.63) is 28.0 Å². The number of hydrogen-bond acceptors (Lipinski definition) is 1. The molecule has 0 aliphatic carbocycles. The van der Waals surface area contributed by atoms with E-state index in [9.17, 15) is 4.39 Å². The highest BCUT2D eigenvalue weighted by molar-refractivity contribution is 9.10. The average Bonchev–Trinajstić information content (AvgIpc) is 2.62. The van der Waals surface area contributed by atoms with Gasteiger partial charge in [0.2, 0.25) is 0 Å². The van der Waals surface area contributed by atoms with Crippen molar-refractivity contribution in [2.45, 2.75) is 39.0 Å². The highest BCUT2D eigenvalue weighted by atomic mass is 79.9. The molecule has 0 fully saturated rings. The van der Waals surface area contributed by atoms with E-state index >= 15 is 0 Å². The third-order valence-corrected chi connectivity index (χ3v) is 4.14. The smallest absolute Gasteiger partial charge is 0.124 e. The van der Waals surface area contributed by atoms with Gasteiger partial charge in [-0.3, -0.25) is 0 Å². The summed E-state index contributed by atoms with van der Waals surface area (Å²) in [6.07, 6.45) is 3.62. The maximum atomic E-state index is 13.4. The average molecular weight is 300 g/mol. The minimum atomic E-state index is -0.146. The molecule has 94 valence electrons. The summed E-state index contributed by atoms with van der Waals surface area (Å²) in [7, 11) is 0. The minimum absolute atomic E-state index is 0.146. The number of fused-ring (bicyclic) bond motifs is 1. The molecular weight excluding hydrogens is 281 g/mol. The maximum Gasteiger partial charge on any atom is 0.124 e. The summed E-state index contributed by atoms with van der Waals surface area (Å²) in [4.78, 5) is 0. The first-order valence-corrected chi connectivity index (χ1v) is 7.14. The number of hydrogen-bond donors (Lipinski definition) is 1. The second-order valence-electron chi connectivity index (χ2n) is 5.06. The Kier molecular flexibility index (Phi) is 4.08. The lowest BCUT2D eigenvalue weighted by molar-refractivity contribution is 0.447. The Hall–Kier alpha value is -0.570. The fraction of sp³-hybridized carbons (Fsp3) is 0.571. The molecule has 2 atom stereocenters. The summed E-state index contributed by atoms with van der Waals surface area (Å²) in [6, 6.07) is 3.22. The summed E-state index contributed by atoms with van der Waals surface area (Å²) in [5.74, 6) is 1.02. The van der Waals surface area contributed by atoms with Crippen LogP contribution in [0.15, 0.2) is 16.6 Å². The molecule has 1 N–H and O–H groups in total. The lowest BCUT2D eigenvalue weighted by Crippen LogP contribution is -2.07. The first-order chi connectivity index (χ1) is 8.11. The van der Waals surface area contributed by atoms with E-state index in [0.29, 0.717) is 11.8 Å². The molecule has 1 aromatic carbocycles. The van der Waals surface area contributed by atoms with Crippen LogP contribution in [0.3, 0.4) is 0 Å². The Balaban J connectivity index is 2.16. The SMILES string of the molecule is CCCC(C)CC1CNc2c(Br)cc(F)cc21. The quantitative estimate of drug-likeness (QED) is 0.832. The molecule has 2 rings (SSSR count). The van der Waals surface area contributed by atoms with Crippen LogP contribution in [-0.4, -0.2) is 6.54 Å². The molecule has 0 saturated heterocycles. The lowest BCUT2D eigenvalue weighted by atomic mass is 9.89. The van der Waals surface area contributed by atoms with E-state index < -0.39 is 0 Å².